The molecule has 2 rings (SSSR count). The molecule has 0 radical (unpaired) electrons. The van der Waals surface area contributed by atoms with Crippen molar-refractivity contribution in [3.05, 3.63) is 57.4 Å². The van der Waals surface area contributed by atoms with Crippen LogP contribution in [0, 0.1) is 24.0 Å². The molecule has 0 aliphatic carbocycles. The maximum Gasteiger partial charge on any atom is 0.328 e. The monoisotopic (exact) mass is 303 g/mol. The van der Waals surface area contributed by atoms with Gasteiger partial charge in [0.1, 0.15) is 24.0 Å². The Balaban J connectivity index is 2.07. The molecule has 0 bridgehead atoms. The lowest BCUT2D eigenvalue weighted by molar-refractivity contribution is -0.386. The Morgan fingerprint density at radius 2 is 2.00 bits per heavy atom. The van der Waals surface area contributed by atoms with Gasteiger partial charge in [0, 0.05) is 0 Å². The zero-order valence-electron chi connectivity index (χ0n) is 12.6. The van der Waals surface area contributed by atoms with Gasteiger partial charge < -0.3 is 4.74 Å². The molecule has 2 aromatic rings. The summed E-state index contributed by atoms with van der Waals surface area (Å²) < 4.78 is 6.63. The molecule has 1 unspecified atom stereocenters. The normalized spacial score (nSPS) is 12.0. The Labute approximate surface area is 127 Å². The van der Waals surface area contributed by atoms with Crippen LogP contribution < -0.4 is 0 Å². The van der Waals surface area contributed by atoms with Crippen LogP contribution in [-0.2, 0) is 16.1 Å². The van der Waals surface area contributed by atoms with Crippen LogP contribution in [0.4, 0.5) is 5.69 Å². The first kappa shape index (κ1) is 15.7. The molecule has 0 amide bonds. The van der Waals surface area contributed by atoms with Gasteiger partial charge in [-0.25, -0.2) is 0 Å². The molecule has 1 heterocycles. The summed E-state index contributed by atoms with van der Waals surface area (Å²) in [6.45, 7) is 4.72. The SMILES string of the molecule is Cc1nn(CC(=O)OC(C)c2ccccc2)c(C)c1[N+](=O)[O-]. The minimum Gasteiger partial charge on any atom is -0.456 e. The zero-order chi connectivity index (χ0) is 16.3. The van der Waals surface area contributed by atoms with Gasteiger partial charge in [0.05, 0.1) is 4.92 Å². The molecule has 7 nitrogen and oxygen atoms in total. The Morgan fingerprint density at radius 1 is 1.36 bits per heavy atom. The van der Waals surface area contributed by atoms with E-state index >= 15 is 0 Å². The van der Waals surface area contributed by atoms with Crippen molar-refractivity contribution in [3.8, 4) is 0 Å². The molecular formula is C15H17N3O4. The van der Waals surface area contributed by atoms with Crippen LogP contribution in [0.1, 0.15) is 30.0 Å². The fraction of sp³-hybridized carbons (Fsp3) is 0.333. The third-order valence-electron chi connectivity index (χ3n) is 3.38. The quantitative estimate of drug-likeness (QED) is 0.481. The van der Waals surface area contributed by atoms with Gasteiger partial charge in [-0.1, -0.05) is 30.3 Å². The molecule has 0 saturated carbocycles. The lowest BCUT2D eigenvalue weighted by Crippen LogP contribution is -2.17. The number of aryl methyl sites for hydroxylation is 1. The number of carbonyl (C=O) groups is 1. The summed E-state index contributed by atoms with van der Waals surface area (Å²) in [6.07, 6.45) is -0.388. The van der Waals surface area contributed by atoms with Gasteiger partial charge in [-0.15, -0.1) is 0 Å². The van der Waals surface area contributed by atoms with Gasteiger partial charge in [-0.2, -0.15) is 5.10 Å². The second-order valence-electron chi connectivity index (χ2n) is 4.98. The number of esters is 1. The van der Waals surface area contributed by atoms with E-state index in [-0.39, 0.29) is 24.0 Å². The van der Waals surface area contributed by atoms with Crippen molar-refractivity contribution in [1.29, 1.82) is 0 Å². The molecule has 0 aliphatic heterocycles. The topological polar surface area (TPSA) is 87.3 Å². The summed E-state index contributed by atoms with van der Waals surface area (Å²) >= 11 is 0. The predicted molar refractivity (Wildman–Crippen MR) is 79.3 cm³/mol. The van der Waals surface area contributed by atoms with E-state index < -0.39 is 10.9 Å². The average Bonchev–Trinajstić information content (AvgIpc) is 2.74. The van der Waals surface area contributed by atoms with Crippen LogP contribution in [0.3, 0.4) is 0 Å². The Bertz CT molecular complexity index is 694. The van der Waals surface area contributed by atoms with Crippen LogP contribution in [-0.4, -0.2) is 20.7 Å². The molecule has 0 N–H and O–H groups in total. The van der Waals surface area contributed by atoms with E-state index in [0.717, 1.165) is 5.56 Å². The summed E-state index contributed by atoms with van der Waals surface area (Å²) in [5, 5.41) is 15.0. The van der Waals surface area contributed by atoms with Gasteiger partial charge in [0.15, 0.2) is 0 Å². The molecule has 1 aromatic heterocycles. The first-order chi connectivity index (χ1) is 10.4. The van der Waals surface area contributed by atoms with E-state index in [1.165, 1.54) is 4.68 Å². The molecule has 22 heavy (non-hydrogen) atoms. The lowest BCUT2D eigenvalue weighted by Gasteiger charge is -2.13. The van der Waals surface area contributed by atoms with Gasteiger partial charge >= 0.3 is 11.7 Å². The number of nitro groups is 1. The van der Waals surface area contributed by atoms with E-state index in [2.05, 4.69) is 5.10 Å². The number of carbonyl (C=O) groups excluding carboxylic acids is 1. The fourth-order valence-electron chi connectivity index (χ4n) is 2.25. The number of hydrogen-bond acceptors (Lipinski definition) is 5. The van der Waals surface area contributed by atoms with Crippen molar-refractivity contribution < 1.29 is 14.5 Å². The molecule has 0 fully saturated rings. The standard InChI is InChI=1S/C15H17N3O4/c1-10-15(18(20)21)11(2)17(16-10)9-14(19)22-12(3)13-7-5-4-6-8-13/h4-8,12H,9H2,1-3H3. The highest BCUT2D eigenvalue weighted by Gasteiger charge is 2.23. The van der Waals surface area contributed by atoms with Crippen molar-refractivity contribution in [3.63, 3.8) is 0 Å². The van der Waals surface area contributed by atoms with Crippen LogP contribution >= 0.6 is 0 Å². The van der Waals surface area contributed by atoms with E-state index in [0.29, 0.717) is 5.69 Å². The average molecular weight is 303 g/mol. The summed E-state index contributed by atoms with van der Waals surface area (Å²) in [5.74, 6) is -0.489. The van der Waals surface area contributed by atoms with Gasteiger partial charge in [0.2, 0.25) is 0 Å². The predicted octanol–water partition coefficient (Wildman–Crippen LogP) is 2.71. The fourth-order valence-corrected chi connectivity index (χ4v) is 2.25. The van der Waals surface area contributed by atoms with Crippen molar-refractivity contribution in [1.82, 2.24) is 9.78 Å². The molecule has 0 spiro atoms. The summed E-state index contributed by atoms with van der Waals surface area (Å²) in [5.41, 5.74) is 1.44. The summed E-state index contributed by atoms with van der Waals surface area (Å²) in [7, 11) is 0. The number of ether oxygens (including phenoxy) is 1. The smallest absolute Gasteiger partial charge is 0.328 e. The number of rotatable bonds is 5. The van der Waals surface area contributed by atoms with Gasteiger partial charge in [-0.3, -0.25) is 19.6 Å². The maximum absolute atomic E-state index is 12.0. The molecule has 1 aromatic carbocycles. The van der Waals surface area contributed by atoms with Gasteiger partial charge in [-0.05, 0) is 26.3 Å². The highest BCUT2D eigenvalue weighted by Crippen LogP contribution is 2.22. The molecule has 0 saturated heterocycles. The summed E-state index contributed by atoms with van der Waals surface area (Å²) in [4.78, 5) is 22.4. The molecule has 1 atom stereocenters. The van der Waals surface area contributed by atoms with Gasteiger partial charge in [0.25, 0.3) is 0 Å². The van der Waals surface area contributed by atoms with Crippen LogP contribution in [0.2, 0.25) is 0 Å². The molecular weight excluding hydrogens is 286 g/mol. The Morgan fingerprint density at radius 3 is 2.55 bits per heavy atom. The van der Waals surface area contributed by atoms with Crippen molar-refractivity contribution in [2.75, 3.05) is 0 Å². The van der Waals surface area contributed by atoms with Crippen molar-refractivity contribution in [2.24, 2.45) is 0 Å². The molecule has 7 heteroatoms. The third kappa shape index (κ3) is 3.30. The lowest BCUT2D eigenvalue weighted by atomic mass is 10.1. The highest BCUT2D eigenvalue weighted by atomic mass is 16.6. The molecule has 116 valence electrons. The second-order valence-corrected chi connectivity index (χ2v) is 4.98. The molecule has 0 aliphatic rings. The second kappa shape index (κ2) is 6.38. The van der Waals surface area contributed by atoms with Crippen molar-refractivity contribution in [2.45, 2.75) is 33.4 Å². The van der Waals surface area contributed by atoms with E-state index in [9.17, 15) is 14.9 Å². The maximum atomic E-state index is 12.0. The van der Waals surface area contributed by atoms with Crippen LogP contribution in [0.5, 0.6) is 0 Å². The number of aromatic nitrogens is 2. The number of nitrogens with zero attached hydrogens (tertiary/aromatic N) is 3. The van der Waals surface area contributed by atoms with E-state index in [4.69, 9.17) is 4.74 Å². The minimum absolute atomic E-state index is 0.0658. The summed E-state index contributed by atoms with van der Waals surface area (Å²) in [6, 6.07) is 9.35. The third-order valence-corrected chi connectivity index (χ3v) is 3.38. The van der Waals surface area contributed by atoms with E-state index in [1.54, 1.807) is 20.8 Å². The van der Waals surface area contributed by atoms with Crippen LogP contribution in [0.15, 0.2) is 30.3 Å². The minimum atomic E-state index is -0.494. The number of hydrogen-bond donors (Lipinski definition) is 0. The first-order valence-corrected chi connectivity index (χ1v) is 6.83. The van der Waals surface area contributed by atoms with Crippen molar-refractivity contribution >= 4 is 11.7 Å². The van der Waals surface area contributed by atoms with E-state index in [1.807, 2.05) is 30.3 Å². The Kier molecular flexibility index (Phi) is 4.55. The number of benzene rings is 1. The zero-order valence-corrected chi connectivity index (χ0v) is 12.6. The Hall–Kier alpha value is -2.70. The highest BCUT2D eigenvalue weighted by molar-refractivity contribution is 5.69. The first-order valence-electron chi connectivity index (χ1n) is 6.83. The largest absolute Gasteiger partial charge is 0.456 e. The van der Waals surface area contributed by atoms with Crippen LogP contribution in [0.25, 0.3) is 0 Å².